The van der Waals surface area contributed by atoms with E-state index in [4.69, 9.17) is 5.11 Å². The Morgan fingerprint density at radius 2 is 2.14 bits per heavy atom. The predicted molar refractivity (Wildman–Crippen MR) is 48.8 cm³/mol. The number of aromatic nitrogens is 1. The van der Waals surface area contributed by atoms with Gasteiger partial charge in [-0.15, -0.1) is 0 Å². The monoisotopic (exact) mass is 317 g/mol. The number of carboxylic acids is 1. The van der Waals surface area contributed by atoms with Crippen molar-refractivity contribution in [2.24, 2.45) is 0 Å². The molecule has 3 nitrogen and oxygen atoms in total. The van der Waals surface area contributed by atoms with Gasteiger partial charge >= 0.3 is 5.97 Å². The van der Waals surface area contributed by atoms with E-state index < -0.39 is 29.5 Å². The molecular formula is C7H3F3INO2. The lowest BCUT2D eigenvalue weighted by atomic mass is 10.2. The molecule has 14 heavy (non-hydrogen) atoms. The molecule has 0 atom stereocenters. The van der Waals surface area contributed by atoms with Gasteiger partial charge in [-0.25, -0.2) is 18.0 Å². The zero-order valence-electron chi connectivity index (χ0n) is 6.47. The van der Waals surface area contributed by atoms with Gasteiger partial charge in [0.25, 0.3) is 6.43 Å². The highest BCUT2D eigenvalue weighted by Crippen LogP contribution is 2.25. The van der Waals surface area contributed by atoms with Crippen molar-refractivity contribution in [3.8, 4) is 0 Å². The quantitative estimate of drug-likeness (QED) is 0.853. The summed E-state index contributed by atoms with van der Waals surface area (Å²) in [4.78, 5) is 13.7. The van der Waals surface area contributed by atoms with Crippen molar-refractivity contribution in [2.45, 2.75) is 6.43 Å². The van der Waals surface area contributed by atoms with Gasteiger partial charge in [0, 0.05) is 6.20 Å². The van der Waals surface area contributed by atoms with Crippen molar-refractivity contribution in [3.63, 3.8) is 0 Å². The van der Waals surface area contributed by atoms with Gasteiger partial charge in [-0.05, 0) is 22.6 Å². The largest absolute Gasteiger partial charge is 0.478 e. The molecule has 76 valence electrons. The second kappa shape index (κ2) is 4.11. The fraction of sp³-hybridized carbons (Fsp3) is 0.143. The first-order valence-corrected chi connectivity index (χ1v) is 4.38. The van der Waals surface area contributed by atoms with Crippen LogP contribution in [0.3, 0.4) is 0 Å². The Labute approximate surface area is 90.1 Å². The maximum Gasteiger partial charge on any atom is 0.340 e. The number of hydrogen-bond donors (Lipinski definition) is 1. The molecule has 0 amide bonds. The summed E-state index contributed by atoms with van der Waals surface area (Å²) in [5.74, 6) is -2.92. The van der Waals surface area contributed by atoms with Crippen molar-refractivity contribution in [2.75, 3.05) is 0 Å². The number of nitrogens with zero attached hydrogens (tertiary/aromatic N) is 1. The zero-order valence-corrected chi connectivity index (χ0v) is 8.63. The summed E-state index contributed by atoms with van der Waals surface area (Å²) >= 11 is 1.48. The van der Waals surface area contributed by atoms with E-state index in [0.29, 0.717) is 0 Å². The van der Waals surface area contributed by atoms with Crippen LogP contribution in [0.1, 0.15) is 22.5 Å². The van der Waals surface area contributed by atoms with E-state index in [1.165, 1.54) is 22.6 Å². The number of pyridine rings is 1. The van der Waals surface area contributed by atoms with Crippen LogP contribution in [-0.2, 0) is 0 Å². The molecule has 1 aromatic rings. The molecule has 0 radical (unpaired) electrons. The molecular weight excluding hydrogens is 314 g/mol. The second-order valence-electron chi connectivity index (χ2n) is 2.29. The van der Waals surface area contributed by atoms with Gasteiger partial charge in [-0.2, -0.15) is 0 Å². The van der Waals surface area contributed by atoms with E-state index in [0.717, 1.165) is 6.20 Å². The number of rotatable bonds is 2. The summed E-state index contributed by atoms with van der Waals surface area (Å²) in [6.45, 7) is 0. The van der Waals surface area contributed by atoms with Crippen LogP contribution in [0, 0.1) is 9.39 Å². The highest BCUT2D eigenvalue weighted by molar-refractivity contribution is 14.1. The number of carboxylic acid groups (broad SMARTS) is 1. The average Bonchev–Trinajstić information content (AvgIpc) is 2.08. The van der Waals surface area contributed by atoms with Gasteiger partial charge in [0.1, 0.15) is 11.3 Å². The third-order valence-corrected chi connectivity index (χ3v) is 2.17. The Hall–Kier alpha value is -0.860. The van der Waals surface area contributed by atoms with Crippen LogP contribution in [-0.4, -0.2) is 16.1 Å². The lowest BCUT2D eigenvalue weighted by Crippen LogP contribution is -2.10. The molecule has 0 spiro atoms. The van der Waals surface area contributed by atoms with Crippen LogP contribution in [0.25, 0.3) is 0 Å². The summed E-state index contributed by atoms with van der Waals surface area (Å²) in [7, 11) is 0. The molecule has 0 saturated carbocycles. The summed E-state index contributed by atoms with van der Waals surface area (Å²) in [6, 6.07) is 0. The summed E-state index contributed by atoms with van der Waals surface area (Å²) in [5.41, 5.74) is -2.11. The topological polar surface area (TPSA) is 50.2 Å². The molecule has 0 saturated heterocycles. The highest BCUT2D eigenvalue weighted by atomic mass is 127. The Bertz CT molecular complexity index is 383. The van der Waals surface area contributed by atoms with Gasteiger partial charge in [-0.1, -0.05) is 0 Å². The molecule has 1 aromatic heterocycles. The van der Waals surface area contributed by atoms with Crippen LogP contribution in [0.15, 0.2) is 6.20 Å². The number of aromatic carboxylic acids is 1. The first-order valence-electron chi connectivity index (χ1n) is 3.30. The van der Waals surface area contributed by atoms with Gasteiger partial charge in [0.05, 0.1) is 3.57 Å². The molecule has 1 heterocycles. The third-order valence-electron chi connectivity index (χ3n) is 1.42. The maximum absolute atomic E-state index is 13.1. The lowest BCUT2D eigenvalue weighted by Gasteiger charge is -2.05. The van der Waals surface area contributed by atoms with Crippen molar-refractivity contribution < 1.29 is 23.1 Å². The van der Waals surface area contributed by atoms with E-state index >= 15 is 0 Å². The van der Waals surface area contributed by atoms with Crippen LogP contribution >= 0.6 is 22.6 Å². The molecule has 7 heteroatoms. The Kier molecular flexibility index (Phi) is 3.29. The van der Waals surface area contributed by atoms with Crippen LogP contribution in [0.2, 0.25) is 0 Å². The fourth-order valence-corrected chi connectivity index (χ4v) is 1.26. The lowest BCUT2D eigenvalue weighted by molar-refractivity contribution is 0.0675. The van der Waals surface area contributed by atoms with Gasteiger partial charge in [-0.3, -0.25) is 4.98 Å². The highest BCUT2D eigenvalue weighted by Gasteiger charge is 2.25. The molecule has 0 aliphatic heterocycles. The Balaban J connectivity index is 3.45. The number of halogens is 4. The third kappa shape index (κ3) is 1.97. The number of hydrogen-bond acceptors (Lipinski definition) is 2. The van der Waals surface area contributed by atoms with E-state index in [1.54, 1.807) is 0 Å². The van der Waals surface area contributed by atoms with Crippen molar-refractivity contribution in [1.29, 1.82) is 0 Å². The van der Waals surface area contributed by atoms with E-state index in [2.05, 4.69) is 4.98 Å². The summed E-state index contributed by atoms with van der Waals surface area (Å²) < 4.78 is 37.4. The molecule has 0 aliphatic rings. The SMILES string of the molecule is O=C(O)c1c(C(F)F)ncc(I)c1F. The van der Waals surface area contributed by atoms with Crippen molar-refractivity contribution in [3.05, 3.63) is 26.8 Å². The van der Waals surface area contributed by atoms with Crippen LogP contribution in [0.4, 0.5) is 13.2 Å². The van der Waals surface area contributed by atoms with E-state index in [9.17, 15) is 18.0 Å². The second-order valence-corrected chi connectivity index (χ2v) is 3.45. The molecule has 0 aliphatic carbocycles. The molecule has 0 fully saturated rings. The molecule has 0 aromatic carbocycles. The molecule has 1 rings (SSSR count). The number of carbonyl (C=O) groups is 1. The summed E-state index contributed by atoms with van der Waals surface area (Å²) in [5, 5.41) is 8.50. The first-order chi connectivity index (χ1) is 6.45. The van der Waals surface area contributed by atoms with E-state index in [-0.39, 0.29) is 3.57 Å². The Morgan fingerprint density at radius 3 is 2.57 bits per heavy atom. The standard InChI is InChI=1S/C7H3F3INO2/c8-4-2(11)1-12-5(6(9)10)3(4)7(13)14/h1,6H,(H,13,14). The maximum atomic E-state index is 13.1. The minimum Gasteiger partial charge on any atom is -0.478 e. The average molecular weight is 317 g/mol. The van der Waals surface area contributed by atoms with Gasteiger partial charge in [0.2, 0.25) is 0 Å². The zero-order chi connectivity index (χ0) is 10.9. The van der Waals surface area contributed by atoms with E-state index in [1.807, 2.05) is 0 Å². The fourth-order valence-electron chi connectivity index (χ4n) is 0.848. The minimum absolute atomic E-state index is 0.107. The van der Waals surface area contributed by atoms with Crippen molar-refractivity contribution >= 4 is 28.6 Å². The van der Waals surface area contributed by atoms with Gasteiger partial charge in [0.15, 0.2) is 5.82 Å². The molecule has 1 N–H and O–H groups in total. The predicted octanol–water partition coefficient (Wildman–Crippen LogP) is 2.46. The first kappa shape index (κ1) is 11.2. The molecule has 0 bridgehead atoms. The van der Waals surface area contributed by atoms with Gasteiger partial charge < -0.3 is 5.11 Å². The van der Waals surface area contributed by atoms with Crippen LogP contribution < -0.4 is 0 Å². The number of alkyl halides is 2. The smallest absolute Gasteiger partial charge is 0.340 e. The Morgan fingerprint density at radius 1 is 1.57 bits per heavy atom. The normalized spacial score (nSPS) is 10.6. The summed E-state index contributed by atoms with van der Waals surface area (Å²) in [6.07, 6.45) is -2.24. The minimum atomic E-state index is -3.10. The molecule has 0 unspecified atom stereocenters. The van der Waals surface area contributed by atoms with Crippen molar-refractivity contribution in [1.82, 2.24) is 4.98 Å². The van der Waals surface area contributed by atoms with Crippen LogP contribution in [0.5, 0.6) is 0 Å².